The highest BCUT2D eigenvalue weighted by atomic mass is 17.2. The molecule has 0 saturated carbocycles. The first-order valence-electron chi connectivity index (χ1n) is 5.34. The molecule has 0 saturated heterocycles. The second-order valence-corrected chi connectivity index (χ2v) is 3.57. The fraction of sp³-hybridized carbons (Fsp3) is 0.500. The van der Waals surface area contributed by atoms with E-state index in [-0.39, 0.29) is 0 Å². The van der Waals surface area contributed by atoms with Gasteiger partial charge in [0.15, 0.2) is 0 Å². The van der Waals surface area contributed by atoms with E-state index >= 15 is 0 Å². The minimum atomic E-state index is 0.459. The van der Waals surface area contributed by atoms with Crippen LogP contribution < -0.4 is 5.73 Å². The van der Waals surface area contributed by atoms with Crippen molar-refractivity contribution in [1.29, 1.82) is 0 Å². The molecule has 84 valence electrons. The molecule has 0 spiro atoms. The first kappa shape index (κ1) is 12.0. The zero-order chi connectivity index (χ0) is 11.1. The summed E-state index contributed by atoms with van der Waals surface area (Å²) in [6.45, 7) is 5.21. The van der Waals surface area contributed by atoms with E-state index < -0.39 is 0 Å². The molecule has 0 aromatic heterocycles. The minimum absolute atomic E-state index is 0.459. The van der Waals surface area contributed by atoms with Crippen molar-refractivity contribution in [2.24, 2.45) is 0 Å². The molecule has 0 aliphatic rings. The van der Waals surface area contributed by atoms with E-state index in [1.807, 2.05) is 25.1 Å². The molecular weight excluding hydrogens is 190 g/mol. The number of rotatable bonds is 6. The Bertz CT molecular complexity index is 300. The van der Waals surface area contributed by atoms with Crippen LogP contribution in [0.4, 0.5) is 5.69 Å². The van der Waals surface area contributed by atoms with Crippen LogP contribution in [-0.2, 0) is 16.4 Å². The van der Waals surface area contributed by atoms with Crippen LogP contribution in [0, 0.1) is 6.92 Å². The fourth-order valence-electron chi connectivity index (χ4n) is 1.23. The highest BCUT2D eigenvalue weighted by Gasteiger charge is 2.01. The zero-order valence-electron chi connectivity index (χ0n) is 9.45. The standard InChI is InChI=1S/C12H19NO2/c1-3-4-8-14-15-9-11-6-5-7-12(13)10(11)2/h5-7H,3-4,8-9,13H2,1-2H3. The maximum atomic E-state index is 5.78. The van der Waals surface area contributed by atoms with Gasteiger partial charge in [0.1, 0.15) is 6.61 Å². The summed E-state index contributed by atoms with van der Waals surface area (Å²) in [5.41, 5.74) is 8.71. The van der Waals surface area contributed by atoms with Gasteiger partial charge >= 0.3 is 0 Å². The van der Waals surface area contributed by atoms with Crippen molar-refractivity contribution in [3.8, 4) is 0 Å². The largest absolute Gasteiger partial charge is 0.399 e. The summed E-state index contributed by atoms with van der Waals surface area (Å²) in [4.78, 5) is 10.1. The molecule has 1 aromatic carbocycles. The molecule has 0 amide bonds. The van der Waals surface area contributed by atoms with Crippen molar-refractivity contribution < 1.29 is 9.78 Å². The Kier molecular flexibility index (Phi) is 5.15. The van der Waals surface area contributed by atoms with Gasteiger partial charge in [0.05, 0.1) is 6.61 Å². The van der Waals surface area contributed by atoms with E-state index in [0.29, 0.717) is 13.2 Å². The van der Waals surface area contributed by atoms with E-state index in [4.69, 9.17) is 15.5 Å². The number of unbranched alkanes of at least 4 members (excludes halogenated alkanes) is 1. The number of anilines is 1. The van der Waals surface area contributed by atoms with Gasteiger partial charge in [-0.15, -0.1) is 0 Å². The van der Waals surface area contributed by atoms with E-state index in [9.17, 15) is 0 Å². The molecule has 3 nitrogen and oxygen atoms in total. The first-order chi connectivity index (χ1) is 7.25. The van der Waals surface area contributed by atoms with Crippen LogP contribution >= 0.6 is 0 Å². The van der Waals surface area contributed by atoms with Gasteiger partial charge in [-0.05, 0) is 30.5 Å². The molecule has 0 radical (unpaired) electrons. The summed E-state index contributed by atoms with van der Waals surface area (Å²) in [6, 6.07) is 5.80. The van der Waals surface area contributed by atoms with Gasteiger partial charge in [-0.3, -0.25) is 0 Å². The monoisotopic (exact) mass is 209 g/mol. The molecule has 2 N–H and O–H groups in total. The van der Waals surface area contributed by atoms with E-state index in [2.05, 4.69) is 6.92 Å². The zero-order valence-corrected chi connectivity index (χ0v) is 9.45. The molecule has 0 atom stereocenters. The van der Waals surface area contributed by atoms with Crippen molar-refractivity contribution >= 4 is 5.69 Å². The molecule has 1 aromatic rings. The summed E-state index contributed by atoms with van der Waals surface area (Å²) < 4.78 is 0. The van der Waals surface area contributed by atoms with Gasteiger partial charge in [0.25, 0.3) is 0 Å². The predicted octanol–water partition coefficient (Wildman–Crippen LogP) is 2.83. The van der Waals surface area contributed by atoms with Crippen LogP contribution in [0.25, 0.3) is 0 Å². The van der Waals surface area contributed by atoms with Crippen LogP contribution in [0.5, 0.6) is 0 Å². The number of benzene rings is 1. The third-order valence-corrected chi connectivity index (χ3v) is 2.37. The third-order valence-electron chi connectivity index (χ3n) is 2.37. The molecule has 0 aliphatic carbocycles. The van der Waals surface area contributed by atoms with E-state index in [0.717, 1.165) is 29.7 Å². The molecule has 1 rings (SSSR count). The Hall–Kier alpha value is -1.06. The molecule has 0 bridgehead atoms. The molecule has 0 heterocycles. The summed E-state index contributed by atoms with van der Waals surface area (Å²) in [5, 5.41) is 0. The van der Waals surface area contributed by atoms with Gasteiger partial charge in [-0.1, -0.05) is 25.5 Å². The third kappa shape index (κ3) is 3.90. The number of nitrogen functional groups attached to an aromatic ring is 1. The van der Waals surface area contributed by atoms with Crippen molar-refractivity contribution in [3.63, 3.8) is 0 Å². The normalized spacial score (nSPS) is 10.5. The molecule has 3 heteroatoms. The Morgan fingerprint density at radius 3 is 2.80 bits per heavy atom. The average Bonchev–Trinajstić information content (AvgIpc) is 2.24. The van der Waals surface area contributed by atoms with Gasteiger partial charge in [0, 0.05) is 5.69 Å². The van der Waals surface area contributed by atoms with Gasteiger partial charge in [0.2, 0.25) is 0 Å². The smallest absolute Gasteiger partial charge is 0.108 e. The van der Waals surface area contributed by atoms with Crippen LogP contribution in [0.1, 0.15) is 30.9 Å². The maximum Gasteiger partial charge on any atom is 0.108 e. The number of nitrogens with two attached hydrogens (primary N) is 1. The predicted molar refractivity (Wildman–Crippen MR) is 61.2 cm³/mol. The van der Waals surface area contributed by atoms with Crippen molar-refractivity contribution in [2.75, 3.05) is 12.3 Å². The summed E-state index contributed by atoms with van der Waals surface area (Å²) >= 11 is 0. The Morgan fingerprint density at radius 2 is 2.07 bits per heavy atom. The first-order valence-corrected chi connectivity index (χ1v) is 5.34. The summed E-state index contributed by atoms with van der Waals surface area (Å²) in [6.07, 6.45) is 2.14. The second-order valence-electron chi connectivity index (χ2n) is 3.57. The Morgan fingerprint density at radius 1 is 1.27 bits per heavy atom. The van der Waals surface area contributed by atoms with Gasteiger partial charge < -0.3 is 5.73 Å². The van der Waals surface area contributed by atoms with E-state index in [1.54, 1.807) is 0 Å². The minimum Gasteiger partial charge on any atom is -0.399 e. The lowest BCUT2D eigenvalue weighted by Gasteiger charge is -2.08. The lowest BCUT2D eigenvalue weighted by molar-refractivity contribution is -0.304. The highest BCUT2D eigenvalue weighted by molar-refractivity contribution is 5.49. The van der Waals surface area contributed by atoms with Crippen LogP contribution in [0.15, 0.2) is 18.2 Å². The van der Waals surface area contributed by atoms with E-state index in [1.165, 1.54) is 0 Å². The van der Waals surface area contributed by atoms with Crippen molar-refractivity contribution in [2.45, 2.75) is 33.3 Å². The van der Waals surface area contributed by atoms with Crippen molar-refractivity contribution in [1.82, 2.24) is 0 Å². The van der Waals surface area contributed by atoms with Gasteiger partial charge in [-0.25, -0.2) is 9.78 Å². The summed E-state index contributed by atoms with van der Waals surface area (Å²) in [7, 11) is 0. The average molecular weight is 209 g/mol. The van der Waals surface area contributed by atoms with Crippen LogP contribution in [-0.4, -0.2) is 6.61 Å². The number of hydrogen-bond donors (Lipinski definition) is 1. The molecule has 15 heavy (non-hydrogen) atoms. The van der Waals surface area contributed by atoms with Crippen LogP contribution in [0.2, 0.25) is 0 Å². The quantitative estimate of drug-likeness (QED) is 0.339. The molecule has 0 aliphatic heterocycles. The van der Waals surface area contributed by atoms with Crippen molar-refractivity contribution in [3.05, 3.63) is 29.3 Å². The SMILES string of the molecule is CCCCOOCc1cccc(N)c1C. The Labute approximate surface area is 91.1 Å². The number of hydrogen-bond acceptors (Lipinski definition) is 3. The topological polar surface area (TPSA) is 44.5 Å². The summed E-state index contributed by atoms with van der Waals surface area (Å²) in [5.74, 6) is 0. The maximum absolute atomic E-state index is 5.78. The fourth-order valence-corrected chi connectivity index (χ4v) is 1.23. The second kappa shape index (κ2) is 6.43. The molecule has 0 unspecified atom stereocenters. The van der Waals surface area contributed by atoms with Gasteiger partial charge in [-0.2, -0.15) is 0 Å². The van der Waals surface area contributed by atoms with Crippen LogP contribution in [0.3, 0.4) is 0 Å². The molecule has 0 fully saturated rings. The molecular formula is C12H19NO2. The highest BCUT2D eigenvalue weighted by Crippen LogP contribution is 2.16. The lowest BCUT2D eigenvalue weighted by Crippen LogP contribution is -2.00. The lowest BCUT2D eigenvalue weighted by atomic mass is 10.1. The Balaban J connectivity index is 2.34.